The molecule has 5 unspecified atom stereocenters. The molecule has 14 heteroatoms. The van der Waals surface area contributed by atoms with Crippen LogP contribution in [0.15, 0.2) is 0 Å². The van der Waals surface area contributed by atoms with Crippen LogP contribution in [-0.2, 0) is 24.0 Å². The molecule has 0 aliphatic rings. The van der Waals surface area contributed by atoms with Gasteiger partial charge in [-0.2, -0.15) is 0 Å². The van der Waals surface area contributed by atoms with Gasteiger partial charge in [-0.1, -0.05) is 0 Å². The zero-order valence-corrected chi connectivity index (χ0v) is 17.8. The number of aliphatic carboxylic acids is 2. The number of carboxylic acid groups (broad SMARTS) is 2. The van der Waals surface area contributed by atoms with Crippen LogP contribution in [-0.4, -0.2) is 93.5 Å². The fraction of sp³-hybridized carbons (Fsp3) is 0.722. The van der Waals surface area contributed by atoms with Crippen LogP contribution in [0.1, 0.15) is 39.0 Å². The number of nitrogens with one attached hydrogen (secondary N) is 3. The average Bonchev–Trinajstić information content (AvgIpc) is 2.72. The van der Waals surface area contributed by atoms with Crippen LogP contribution >= 0.6 is 0 Å². The first-order valence-corrected chi connectivity index (χ1v) is 10.0. The highest BCUT2D eigenvalue weighted by molar-refractivity contribution is 5.94. The Hall–Kier alpha value is -2.81. The van der Waals surface area contributed by atoms with Gasteiger partial charge in [0.1, 0.15) is 24.2 Å². The first kappa shape index (κ1) is 29.2. The van der Waals surface area contributed by atoms with Crippen molar-refractivity contribution in [2.24, 2.45) is 11.5 Å². The predicted molar refractivity (Wildman–Crippen MR) is 110 cm³/mol. The first-order valence-electron chi connectivity index (χ1n) is 10.0. The third kappa shape index (κ3) is 11.0. The number of rotatable bonds is 16. The Kier molecular flexibility index (Phi) is 13.7. The minimum absolute atomic E-state index is 0.0822. The molecule has 0 spiro atoms. The minimum atomic E-state index is -1.56. The van der Waals surface area contributed by atoms with Gasteiger partial charge in [0.25, 0.3) is 0 Å². The summed E-state index contributed by atoms with van der Waals surface area (Å²) in [6.07, 6.45) is -1.08. The van der Waals surface area contributed by atoms with E-state index in [1.807, 2.05) is 0 Å². The molecule has 11 N–H and O–H groups in total. The van der Waals surface area contributed by atoms with Crippen LogP contribution < -0.4 is 27.4 Å². The maximum atomic E-state index is 12.5. The van der Waals surface area contributed by atoms with Gasteiger partial charge in [0.2, 0.25) is 17.7 Å². The van der Waals surface area contributed by atoms with Gasteiger partial charge in [-0.05, 0) is 39.2 Å². The zero-order valence-electron chi connectivity index (χ0n) is 17.8. The largest absolute Gasteiger partial charge is 0.481 e. The molecule has 0 radical (unpaired) electrons. The topological polar surface area (TPSA) is 254 Å². The number of carbonyl (C=O) groups is 5. The number of hydrogen-bond donors (Lipinski definition) is 9. The molecule has 32 heavy (non-hydrogen) atoms. The summed E-state index contributed by atoms with van der Waals surface area (Å²) in [7, 11) is 0. The lowest BCUT2D eigenvalue weighted by molar-refractivity contribution is -0.142. The van der Waals surface area contributed by atoms with Crippen molar-refractivity contribution >= 4 is 29.7 Å². The predicted octanol–water partition coefficient (Wildman–Crippen LogP) is -3.78. The summed E-state index contributed by atoms with van der Waals surface area (Å²) in [5.74, 6) is -5.47. The molecule has 0 bridgehead atoms. The van der Waals surface area contributed by atoms with Crippen molar-refractivity contribution in [3.05, 3.63) is 0 Å². The van der Waals surface area contributed by atoms with E-state index in [9.17, 15) is 39.3 Å². The Bertz CT molecular complexity index is 659. The highest BCUT2D eigenvalue weighted by atomic mass is 16.4. The summed E-state index contributed by atoms with van der Waals surface area (Å²) in [6, 6.07) is -5.66. The fourth-order valence-corrected chi connectivity index (χ4v) is 2.51. The number of aliphatic hydroxyl groups excluding tert-OH is 2. The van der Waals surface area contributed by atoms with Gasteiger partial charge in [-0.3, -0.25) is 19.2 Å². The second-order valence-corrected chi connectivity index (χ2v) is 7.19. The minimum Gasteiger partial charge on any atom is -0.481 e. The lowest BCUT2D eigenvalue weighted by Crippen LogP contribution is -2.59. The van der Waals surface area contributed by atoms with Crippen LogP contribution in [0.4, 0.5) is 0 Å². The van der Waals surface area contributed by atoms with Crippen molar-refractivity contribution in [3.8, 4) is 0 Å². The maximum Gasteiger partial charge on any atom is 0.326 e. The second-order valence-electron chi connectivity index (χ2n) is 7.19. The van der Waals surface area contributed by atoms with Crippen molar-refractivity contribution in [3.63, 3.8) is 0 Å². The molecular formula is C18H33N5O9. The van der Waals surface area contributed by atoms with Gasteiger partial charge in [0, 0.05) is 6.42 Å². The molecule has 5 atom stereocenters. The highest BCUT2D eigenvalue weighted by Crippen LogP contribution is 2.04. The highest BCUT2D eigenvalue weighted by Gasteiger charge is 2.30. The molecule has 0 aromatic rings. The molecular weight excluding hydrogens is 430 g/mol. The molecule has 184 valence electrons. The molecule has 0 fully saturated rings. The van der Waals surface area contributed by atoms with Crippen molar-refractivity contribution < 1.29 is 44.4 Å². The number of hydrogen-bond acceptors (Lipinski definition) is 9. The summed E-state index contributed by atoms with van der Waals surface area (Å²) in [4.78, 5) is 59.1. The van der Waals surface area contributed by atoms with Crippen LogP contribution in [0.2, 0.25) is 0 Å². The number of amides is 3. The Morgan fingerprint density at radius 3 is 1.84 bits per heavy atom. The number of unbranched alkanes of at least 4 members (excludes halogenated alkanes) is 1. The SMILES string of the molecule is CC(O)C(N)C(=O)NC(CCC(=O)O)C(=O)NC(CO)C(=O)NC(CCCCN)C(=O)O. The number of carboxylic acids is 2. The molecule has 0 saturated heterocycles. The maximum absolute atomic E-state index is 12.5. The van der Waals surface area contributed by atoms with Gasteiger partial charge in [-0.15, -0.1) is 0 Å². The Balaban J connectivity index is 5.24. The Morgan fingerprint density at radius 1 is 0.844 bits per heavy atom. The summed E-state index contributed by atoms with van der Waals surface area (Å²) < 4.78 is 0. The van der Waals surface area contributed by atoms with Gasteiger partial charge < -0.3 is 47.8 Å². The first-order chi connectivity index (χ1) is 14.9. The lowest BCUT2D eigenvalue weighted by Gasteiger charge is -2.24. The second kappa shape index (κ2) is 15.1. The van der Waals surface area contributed by atoms with E-state index in [1.54, 1.807) is 0 Å². The van der Waals surface area contributed by atoms with E-state index < -0.39 is 73.0 Å². The summed E-state index contributed by atoms with van der Waals surface area (Å²) in [6.45, 7) is 0.701. The quantitative estimate of drug-likeness (QED) is 0.100. The molecule has 0 rings (SSSR count). The van der Waals surface area contributed by atoms with Crippen LogP contribution in [0.5, 0.6) is 0 Å². The van der Waals surface area contributed by atoms with Gasteiger partial charge in [-0.25, -0.2) is 4.79 Å². The van der Waals surface area contributed by atoms with Gasteiger partial charge in [0.05, 0.1) is 12.7 Å². The van der Waals surface area contributed by atoms with Crippen molar-refractivity contribution in [1.82, 2.24) is 16.0 Å². The van der Waals surface area contributed by atoms with E-state index in [0.717, 1.165) is 0 Å². The van der Waals surface area contributed by atoms with E-state index in [1.165, 1.54) is 6.92 Å². The van der Waals surface area contributed by atoms with Crippen molar-refractivity contribution in [1.29, 1.82) is 0 Å². The summed E-state index contributed by atoms with van der Waals surface area (Å²) >= 11 is 0. The zero-order chi connectivity index (χ0) is 24.8. The van der Waals surface area contributed by atoms with E-state index in [2.05, 4.69) is 16.0 Å². The van der Waals surface area contributed by atoms with Crippen molar-refractivity contribution in [2.45, 2.75) is 69.3 Å². The van der Waals surface area contributed by atoms with Crippen molar-refractivity contribution in [2.75, 3.05) is 13.2 Å². The van der Waals surface area contributed by atoms with Gasteiger partial charge in [0.15, 0.2) is 0 Å². The third-order valence-corrected chi connectivity index (χ3v) is 4.48. The van der Waals surface area contributed by atoms with Gasteiger partial charge >= 0.3 is 11.9 Å². The number of carbonyl (C=O) groups excluding carboxylic acids is 3. The van der Waals surface area contributed by atoms with Crippen LogP contribution in [0, 0.1) is 0 Å². The summed E-state index contributed by atoms with van der Waals surface area (Å²) in [5.41, 5.74) is 10.8. The monoisotopic (exact) mass is 463 g/mol. The van der Waals surface area contributed by atoms with E-state index in [-0.39, 0.29) is 12.8 Å². The fourth-order valence-electron chi connectivity index (χ4n) is 2.51. The molecule has 0 aromatic carbocycles. The molecule has 0 aliphatic carbocycles. The van der Waals surface area contributed by atoms with Crippen LogP contribution in [0.25, 0.3) is 0 Å². The third-order valence-electron chi connectivity index (χ3n) is 4.48. The smallest absolute Gasteiger partial charge is 0.326 e. The Labute approximate surface area is 184 Å². The molecule has 0 heterocycles. The number of aliphatic hydroxyl groups is 2. The standard InChI is InChI=1S/C18H33N5O9/c1-9(25)14(20)17(30)21-10(5-6-13(26)27)15(28)23-12(8-24)16(29)22-11(18(31)32)4-2-3-7-19/h9-12,14,24-25H,2-8,19-20H2,1H3,(H,21,30)(H,22,29)(H,23,28)(H,26,27)(H,31,32). The summed E-state index contributed by atoms with van der Waals surface area (Å²) in [5, 5.41) is 43.5. The lowest BCUT2D eigenvalue weighted by atomic mass is 10.1. The molecule has 0 aromatic heterocycles. The van der Waals surface area contributed by atoms with E-state index in [0.29, 0.717) is 19.4 Å². The Morgan fingerprint density at radius 2 is 1.38 bits per heavy atom. The molecule has 14 nitrogen and oxygen atoms in total. The molecule has 0 aliphatic heterocycles. The van der Waals surface area contributed by atoms with E-state index in [4.69, 9.17) is 16.6 Å². The number of nitrogens with two attached hydrogens (primary N) is 2. The molecule has 0 saturated carbocycles. The van der Waals surface area contributed by atoms with Crippen LogP contribution in [0.3, 0.4) is 0 Å². The normalized spacial score (nSPS) is 15.5. The molecule has 3 amide bonds. The van der Waals surface area contributed by atoms with E-state index >= 15 is 0 Å². The average molecular weight is 463 g/mol.